The Morgan fingerprint density at radius 1 is 1.44 bits per heavy atom. The van der Waals surface area contributed by atoms with Crippen molar-refractivity contribution < 1.29 is 0 Å². The van der Waals surface area contributed by atoms with Crippen LogP contribution in [0.3, 0.4) is 0 Å². The fourth-order valence-corrected chi connectivity index (χ4v) is 3.00. The highest BCUT2D eigenvalue weighted by molar-refractivity contribution is 7.09. The van der Waals surface area contributed by atoms with E-state index in [9.17, 15) is 0 Å². The van der Waals surface area contributed by atoms with Gasteiger partial charge in [0.1, 0.15) is 10.7 Å². The summed E-state index contributed by atoms with van der Waals surface area (Å²) < 4.78 is 3.89. The average molecular weight is 240 g/mol. The topological polar surface area (TPSA) is 55.0 Å². The molecule has 1 fully saturated rings. The molecule has 1 aromatic heterocycles. The molecular formula is C11H20N4S. The van der Waals surface area contributed by atoms with Gasteiger partial charge in [0.05, 0.1) is 0 Å². The Morgan fingerprint density at radius 3 is 2.81 bits per heavy atom. The van der Waals surface area contributed by atoms with Gasteiger partial charge < -0.3 is 5.73 Å². The third-order valence-electron chi connectivity index (χ3n) is 3.66. The first-order chi connectivity index (χ1) is 7.58. The van der Waals surface area contributed by atoms with E-state index in [-0.39, 0.29) is 0 Å². The zero-order chi connectivity index (χ0) is 11.7. The van der Waals surface area contributed by atoms with Crippen molar-refractivity contribution in [2.45, 2.75) is 39.8 Å². The summed E-state index contributed by atoms with van der Waals surface area (Å²) in [5, 5.41) is 4.86. The quantitative estimate of drug-likeness (QED) is 0.859. The molecule has 5 heteroatoms. The van der Waals surface area contributed by atoms with E-state index in [0.717, 1.165) is 35.6 Å². The highest BCUT2D eigenvalue weighted by Crippen LogP contribution is 2.28. The monoisotopic (exact) mass is 240 g/mol. The molecule has 1 aliphatic rings. The third kappa shape index (κ3) is 2.35. The van der Waals surface area contributed by atoms with Crippen LogP contribution in [0, 0.1) is 11.8 Å². The Balaban J connectivity index is 2.06. The van der Waals surface area contributed by atoms with Gasteiger partial charge >= 0.3 is 0 Å². The van der Waals surface area contributed by atoms with Crippen molar-refractivity contribution in [3.8, 4) is 0 Å². The Bertz CT molecular complexity index is 352. The summed E-state index contributed by atoms with van der Waals surface area (Å²) in [4.78, 5) is 2.48. The van der Waals surface area contributed by atoms with E-state index in [1.165, 1.54) is 18.0 Å². The molecule has 1 aliphatic heterocycles. The number of likely N-dealkylation sites (tertiary alicyclic amines) is 1. The molecule has 0 saturated carbocycles. The number of nitrogens with zero attached hydrogens (tertiary/aromatic N) is 3. The van der Waals surface area contributed by atoms with Crippen molar-refractivity contribution in [3.63, 3.8) is 0 Å². The molecule has 2 rings (SSSR count). The summed E-state index contributed by atoms with van der Waals surface area (Å²) >= 11 is 1.29. The number of hydrogen-bond acceptors (Lipinski definition) is 5. The molecule has 90 valence electrons. The van der Waals surface area contributed by atoms with E-state index in [1.807, 2.05) is 0 Å². The summed E-state index contributed by atoms with van der Waals surface area (Å²) in [6, 6.07) is 0.609. The molecular weight excluding hydrogens is 220 g/mol. The van der Waals surface area contributed by atoms with Crippen LogP contribution in [0.1, 0.15) is 32.9 Å². The first-order valence-electron chi connectivity index (χ1n) is 5.88. The van der Waals surface area contributed by atoms with E-state index >= 15 is 0 Å². The second kappa shape index (κ2) is 4.67. The lowest BCUT2D eigenvalue weighted by molar-refractivity contribution is 0.0720. The van der Waals surface area contributed by atoms with Gasteiger partial charge in [0.15, 0.2) is 0 Å². The molecule has 0 amide bonds. The van der Waals surface area contributed by atoms with Crippen molar-refractivity contribution in [1.29, 1.82) is 0 Å². The summed E-state index contributed by atoms with van der Waals surface area (Å²) in [6.45, 7) is 8.93. The predicted octanol–water partition coefficient (Wildman–Crippen LogP) is 1.99. The minimum absolute atomic E-state index is 0.609. The molecule has 2 heterocycles. The summed E-state index contributed by atoms with van der Waals surface area (Å²) in [7, 11) is 0. The highest BCUT2D eigenvalue weighted by Gasteiger charge is 2.29. The zero-order valence-corrected chi connectivity index (χ0v) is 11.0. The van der Waals surface area contributed by atoms with Crippen LogP contribution in [0.25, 0.3) is 0 Å². The lowest BCUT2D eigenvalue weighted by Crippen LogP contribution is -2.45. The van der Waals surface area contributed by atoms with E-state index in [2.05, 4.69) is 35.3 Å². The van der Waals surface area contributed by atoms with Crippen LogP contribution in [-0.4, -0.2) is 27.1 Å². The van der Waals surface area contributed by atoms with Gasteiger partial charge in [0.2, 0.25) is 0 Å². The highest BCUT2D eigenvalue weighted by atomic mass is 32.1. The maximum atomic E-state index is 5.84. The Morgan fingerprint density at radius 2 is 2.19 bits per heavy atom. The fraction of sp³-hybridized carbons (Fsp3) is 0.818. The van der Waals surface area contributed by atoms with Crippen molar-refractivity contribution in [2.24, 2.45) is 11.8 Å². The second-order valence-corrected chi connectivity index (χ2v) is 5.86. The van der Waals surface area contributed by atoms with E-state index in [0.29, 0.717) is 6.04 Å². The molecule has 0 spiro atoms. The van der Waals surface area contributed by atoms with Gasteiger partial charge in [-0.15, -0.1) is 5.10 Å². The molecule has 1 saturated heterocycles. The number of nitrogens with two attached hydrogens (primary N) is 1. The van der Waals surface area contributed by atoms with Gasteiger partial charge in [-0.2, -0.15) is 0 Å². The molecule has 3 atom stereocenters. The number of piperidine rings is 1. The number of nitrogen functional groups attached to an aromatic ring is 1. The minimum atomic E-state index is 0.609. The zero-order valence-electron chi connectivity index (χ0n) is 10.2. The molecule has 0 aromatic carbocycles. The Kier molecular flexibility index (Phi) is 3.44. The fourth-order valence-electron chi connectivity index (χ4n) is 2.56. The van der Waals surface area contributed by atoms with Crippen molar-refractivity contribution >= 4 is 16.5 Å². The molecule has 1 aromatic rings. The maximum absolute atomic E-state index is 5.84. The molecule has 0 radical (unpaired) electrons. The van der Waals surface area contributed by atoms with Gasteiger partial charge in [0.25, 0.3) is 0 Å². The minimum Gasteiger partial charge on any atom is -0.388 e. The molecule has 16 heavy (non-hydrogen) atoms. The van der Waals surface area contributed by atoms with Crippen LogP contribution < -0.4 is 5.73 Å². The lowest BCUT2D eigenvalue weighted by Gasteiger charge is -2.40. The number of anilines is 1. The summed E-state index contributed by atoms with van der Waals surface area (Å²) in [5.41, 5.74) is 6.78. The Hall–Kier alpha value is -0.680. The smallest absolute Gasteiger partial charge is 0.132 e. The van der Waals surface area contributed by atoms with Gasteiger partial charge in [0, 0.05) is 30.7 Å². The van der Waals surface area contributed by atoms with Crippen LogP contribution in [0.2, 0.25) is 0 Å². The summed E-state index contributed by atoms with van der Waals surface area (Å²) in [6.07, 6.45) is 1.32. The standard InChI is InChI=1S/C11H20N4S/c1-7-4-8(2)9(3)15(5-7)6-10-11(12)16-14-13-10/h7-9H,4-6,12H2,1-3H3. The van der Waals surface area contributed by atoms with E-state index in [4.69, 9.17) is 5.73 Å². The SMILES string of the molecule is CC1CC(C)C(C)N(Cc2nnsc2N)C1. The predicted molar refractivity (Wildman–Crippen MR) is 67.1 cm³/mol. The summed E-state index contributed by atoms with van der Waals surface area (Å²) in [5.74, 6) is 1.51. The number of hydrogen-bond donors (Lipinski definition) is 1. The maximum Gasteiger partial charge on any atom is 0.132 e. The number of rotatable bonds is 2. The normalized spacial score (nSPS) is 31.8. The van der Waals surface area contributed by atoms with Crippen molar-refractivity contribution in [1.82, 2.24) is 14.5 Å². The van der Waals surface area contributed by atoms with Gasteiger partial charge in [-0.25, -0.2) is 0 Å². The first kappa shape index (κ1) is 11.8. The van der Waals surface area contributed by atoms with Gasteiger partial charge in [-0.1, -0.05) is 18.3 Å². The third-order valence-corrected chi connectivity index (χ3v) is 4.25. The molecule has 0 aliphatic carbocycles. The van der Waals surface area contributed by atoms with E-state index < -0.39 is 0 Å². The Labute approximate surface area is 101 Å². The average Bonchev–Trinajstić information content (AvgIpc) is 2.60. The first-order valence-corrected chi connectivity index (χ1v) is 6.66. The number of aromatic nitrogens is 2. The largest absolute Gasteiger partial charge is 0.388 e. The van der Waals surface area contributed by atoms with Crippen LogP contribution in [0.15, 0.2) is 0 Å². The van der Waals surface area contributed by atoms with Crippen LogP contribution in [0.4, 0.5) is 5.00 Å². The molecule has 0 bridgehead atoms. The molecule has 4 nitrogen and oxygen atoms in total. The van der Waals surface area contributed by atoms with E-state index in [1.54, 1.807) is 0 Å². The second-order valence-electron chi connectivity index (χ2n) is 5.07. The van der Waals surface area contributed by atoms with Crippen LogP contribution in [-0.2, 0) is 6.54 Å². The van der Waals surface area contributed by atoms with Crippen molar-refractivity contribution in [3.05, 3.63) is 5.69 Å². The van der Waals surface area contributed by atoms with Gasteiger partial charge in [-0.3, -0.25) is 4.90 Å². The lowest BCUT2D eigenvalue weighted by atomic mass is 9.86. The van der Waals surface area contributed by atoms with Crippen molar-refractivity contribution in [2.75, 3.05) is 12.3 Å². The molecule has 2 N–H and O–H groups in total. The van der Waals surface area contributed by atoms with Crippen LogP contribution >= 0.6 is 11.5 Å². The molecule has 3 unspecified atom stereocenters. The van der Waals surface area contributed by atoms with Gasteiger partial charge in [-0.05, 0) is 25.2 Å². The van der Waals surface area contributed by atoms with Crippen LogP contribution in [0.5, 0.6) is 0 Å².